The van der Waals surface area contributed by atoms with E-state index in [-0.39, 0.29) is 0 Å². The van der Waals surface area contributed by atoms with Gasteiger partial charge in [0.05, 0.1) is 0 Å². The lowest BCUT2D eigenvalue weighted by atomic mass is 9.78. The van der Waals surface area contributed by atoms with Crippen molar-refractivity contribution in [2.75, 3.05) is 0 Å². The number of aromatic nitrogens is 2. The fraction of sp³-hybridized carbons (Fsp3) is 0.524. The Morgan fingerprint density at radius 1 is 0.870 bits per heavy atom. The number of benzene rings is 1. The van der Waals surface area contributed by atoms with Crippen LogP contribution in [0.25, 0.3) is 0 Å². The summed E-state index contributed by atoms with van der Waals surface area (Å²) in [6.45, 7) is 6.32. The van der Waals surface area contributed by atoms with Crippen molar-refractivity contribution < 1.29 is 0 Å². The third-order valence-electron chi connectivity index (χ3n) is 5.36. The Balaban J connectivity index is 1.50. The van der Waals surface area contributed by atoms with Gasteiger partial charge in [-0.2, -0.15) is 0 Å². The molecule has 0 radical (unpaired) electrons. The van der Waals surface area contributed by atoms with Crippen LogP contribution >= 0.6 is 0 Å². The predicted molar refractivity (Wildman–Crippen MR) is 95.5 cm³/mol. The summed E-state index contributed by atoms with van der Waals surface area (Å²) in [5.74, 6) is 2.66. The number of aryl methyl sites for hydroxylation is 3. The van der Waals surface area contributed by atoms with E-state index in [0.29, 0.717) is 0 Å². The minimum atomic E-state index is 0.770. The third kappa shape index (κ3) is 4.40. The average molecular weight is 308 g/mol. The van der Waals surface area contributed by atoms with Crippen molar-refractivity contribution >= 4 is 0 Å². The van der Waals surface area contributed by atoms with E-state index in [2.05, 4.69) is 55.0 Å². The van der Waals surface area contributed by atoms with Crippen LogP contribution in [0.3, 0.4) is 0 Å². The summed E-state index contributed by atoms with van der Waals surface area (Å²) in [5, 5.41) is 0. The SMILES string of the molecule is Cc1ccc(CC2CCC(Cc3ncc(C)c(C)n3)CC2)cc1. The van der Waals surface area contributed by atoms with Gasteiger partial charge in [0.15, 0.2) is 0 Å². The highest BCUT2D eigenvalue weighted by molar-refractivity contribution is 5.21. The summed E-state index contributed by atoms with van der Waals surface area (Å²) in [7, 11) is 0. The van der Waals surface area contributed by atoms with Crippen molar-refractivity contribution in [3.05, 3.63) is 58.7 Å². The quantitative estimate of drug-likeness (QED) is 0.795. The molecule has 23 heavy (non-hydrogen) atoms. The van der Waals surface area contributed by atoms with Gasteiger partial charge in [-0.1, -0.05) is 29.8 Å². The Bertz CT molecular complexity index is 637. The van der Waals surface area contributed by atoms with E-state index in [1.807, 2.05) is 6.20 Å². The van der Waals surface area contributed by atoms with Gasteiger partial charge in [0.1, 0.15) is 5.82 Å². The molecule has 1 aliphatic carbocycles. The molecule has 2 aromatic rings. The maximum Gasteiger partial charge on any atom is 0.128 e. The van der Waals surface area contributed by atoms with Gasteiger partial charge in [-0.25, -0.2) is 9.97 Å². The highest BCUT2D eigenvalue weighted by atomic mass is 14.9. The average Bonchev–Trinajstić information content (AvgIpc) is 2.55. The van der Waals surface area contributed by atoms with Crippen LogP contribution in [-0.2, 0) is 12.8 Å². The predicted octanol–water partition coefficient (Wildman–Crippen LogP) is 4.99. The Labute approximate surface area is 140 Å². The summed E-state index contributed by atoms with van der Waals surface area (Å²) in [6.07, 6.45) is 9.62. The molecule has 1 aromatic carbocycles. The topological polar surface area (TPSA) is 25.8 Å². The van der Waals surface area contributed by atoms with E-state index in [0.717, 1.165) is 29.8 Å². The first-order chi connectivity index (χ1) is 11.1. The Morgan fingerprint density at radius 2 is 1.48 bits per heavy atom. The monoisotopic (exact) mass is 308 g/mol. The van der Waals surface area contributed by atoms with E-state index >= 15 is 0 Å². The maximum atomic E-state index is 4.65. The third-order valence-corrected chi connectivity index (χ3v) is 5.36. The number of hydrogen-bond donors (Lipinski definition) is 0. The van der Waals surface area contributed by atoms with Crippen molar-refractivity contribution in [3.63, 3.8) is 0 Å². The summed E-state index contributed by atoms with van der Waals surface area (Å²) in [4.78, 5) is 9.17. The van der Waals surface area contributed by atoms with Crippen LogP contribution in [0.1, 0.15) is 53.9 Å². The van der Waals surface area contributed by atoms with Gasteiger partial charge in [-0.3, -0.25) is 0 Å². The molecule has 0 aliphatic heterocycles. The lowest BCUT2D eigenvalue weighted by Crippen LogP contribution is -2.19. The smallest absolute Gasteiger partial charge is 0.128 e. The van der Waals surface area contributed by atoms with Gasteiger partial charge >= 0.3 is 0 Å². The zero-order chi connectivity index (χ0) is 16.2. The first kappa shape index (κ1) is 16.2. The molecule has 2 heteroatoms. The number of nitrogens with zero attached hydrogens (tertiary/aromatic N) is 2. The normalized spacial score (nSPS) is 21.3. The Kier molecular flexibility index (Phi) is 5.09. The van der Waals surface area contributed by atoms with E-state index in [1.165, 1.54) is 48.8 Å². The van der Waals surface area contributed by atoms with Crippen molar-refractivity contribution in [3.8, 4) is 0 Å². The molecule has 1 fully saturated rings. The zero-order valence-corrected chi connectivity index (χ0v) is 14.7. The highest BCUT2D eigenvalue weighted by Gasteiger charge is 2.22. The van der Waals surface area contributed by atoms with Crippen molar-refractivity contribution in [1.29, 1.82) is 0 Å². The van der Waals surface area contributed by atoms with Crippen LogP contribution in [0.2, 0.25) is 0 Å². The molecule has 0 unspecified atom stereocenters. The molecule has 0 amide bonds. The minimum absolute atomic E-state index is 0.770. The summed E-state index contributed by atoms with van der Waals surface area (Å²) >= 11 is 0. The fourth-order valence-electron chi connectivity index (χ4n) is 3.63. The molecule has 3 rings (SSSR count). The second kappa shape index (κ2) is 7.25. The summed E-state index contributed by atoms with van der Waals surface area (Å²) in [5.41, 5.74) is 5.17. The maximum absolute atomic E-state index is 4.65. The Hall–Kier alpha value is -1.70. The van der Waals surface area contributed by atoms with Crippen molar-refractivity contribution in [1.82, 2.24) is 9.97 Å². The van der Waals surface area contributed by atoms with Crippen LogP contribution in [0.5, 0.6) is 0 Å². The highest BCUT2D eigenvalue weighted by Crippen LogP contribution is 2.32. The van der Waals surface area contributed by atoms with Gasteiger partial charge in [0, 0.05) is 18.3 Å². The molecule has 1 heterocycles. The molecular weight excluding hydrogens is 280 g/mol. The van der Waals surface area contributed by atoms with E-state index in [9.17, 15) is 0 Å². The Morgan fingerprint density at radius 3 is 2.09 bits per heavy atom. The van der Waals surface area contributed by atoms with E-state index < -0.39 is 0 Å². The number of rotatable bonds is 4. The van der Waals surface area contributed by atoms with Crippen molar-refractivity contribution in [2.45, 2.75) is 59.3 Å². The molecule has 0 N–H and O–H groups in total. The fourth-order valence-corrected chi connectivity index (χ4v) is 3.63. The lowest BCUT2D eigenvalue weighted by molar-refractivity contribution is 0.269. The van der Waals surface area contributed by atoms with Gasteiger partial charge in [0.2, 0.25) is 0 Å². The first-order valence-electron chi connectivity index (χ1n) is 8.95. The lowest BCUT2D eigenvalue weighted by Gasteiger charge is -2.28. The largest absolute Gasteiger partial charge is 0.241 e. The molecule has 1 aromatic heterocycles. The van der Waals surface area contributed by atoms with Gasteiger partial charge in [-0.05, 0) is 75.8 Å². The minimum Gasteiger partial charge on any atom is -0.241 e. The standard InChI is InChI=1S/C21H28N2/c1-15-4-6-18(7-5-15)12-19-8-10-20(11-9-19)13-21-22-14-16(2)17(3)23-21/h4-7,14,19-20H,8-13H2,1-3H3. The van der Waals surface area contributed by atoms with Crippen LogP contribution in [-0.4, -0.2) is 9.97 Å². The van der Waals surface area contributed by atoms with Gasteiger partial charge in [0.25, 0.3) is 0 Å². The first-order valence-corrected chi connectivity index (χ1v) is 8.95. The van der Waals surface area contributed by atoms with Gasteiger partial charge < -0.3 is 0 Å². The molecule has 1 aliphatic rings. The molecule has 0 saturated heterocycles. The molecule has 0 bridgehead atoms. The van der Waals surface area contributed by atoms with Crippen LogP contribution in [0.15, 0.2) is 30.5 Å². The van der Waals surface area contributed by atoms with Crippen LogP contribution in [0, 0.1) is 32.6 Å². The molecule has 0 spiro atoms. The molecule has 1 saturated carbocycles. The number of hydrogen-bond acceptors (Lipinski definition) is 2. The molecule has 122 valence electrons. The second-order valence-corrected chi connectivity index (χ2v) is 7.34. The van der Waals surface area contributed by atoms with Crippen molar-refractivity contribution in [2.24, 2.45) is 11.8 Å². The summed E-state index contributed by atoms with van der Waals surface area (Å²) < 4.78 is 0. The zero-order valence-electron chi connectivity index (χ0n) is 14.7. The van der Waals surface area contributed by atoms with Crippen LogP contribution < -0.4 is 0 Å². The van der Waals surface area contributed by atoms with Crippen LogP contribution in [0.4, 0.5) is 0 Å². The molecule has 2 nitrogen and oxygen atoms in total. The summed E-state index contributed by atoms with van der Waals surface area (Å²) in [6, 6.07) is 9.06. The van der Waals surface area contributed by atoms with E-state index in [4.69, 9.17) is 0 Å². The second-order valence-electron chi connectivity index (χ2n) is 7.34. The molecular formula is C21H28N2. The van der Waals surface area contributed by atoms with E-state index in [1.54, 1.807) is 0 Å². The molecule has 0 atom stereocenters. The van der Waals surface area contributed by atoms with Gasteiger partial charge in [-0.15, -0.1) is 0 Å².